The Balaban J connectivity index is 1.85. The molecule has 0 fully saturated rings. The summed E-state index contributed by atoms with van der Waals surface area (Å²) in [4.78, 5) is 29.3. The van der Waals surface area contributed by atoms with Gasteiger partial charge in [-0.1, -0.05) is 18.2 Å². The van der Waals surface area contributed by atoms with E-state index >= 15 is 0 Å². The molecule has 0 N–H and O–H groups in total. The molecule has 1 aromatic rings. The Morgan fingerprint density at radius 1 is 1.14 bits per heavy atom. The van der Waals surface area contributed by atoms with Crippen LogP contribution in [0.4, 0.5) is 10.5 Å². The van der Waals surface area contributed by atoms with Crippen LogP contribution < -0.4 is 5.01 Å². The van der Waals surface area contributed by atoms with Gasteiger partial charge in [-0.05, 0) is 43.3 Å². The molecule has 0 saturated carbocycles. The molecule has 1 unspecified atom stereocenters. The number of carbonyl (C=O) groups excluding carboxylic acids is 2. The van der Waals surface area contributed by atoms with Gasteiger partial charge in [0.25, 0.3) is 5.91 Å². The number of hydrogen-bond donors (Lipinski definition) is 0. The lowest BCUT2D eigenvalue weighted by Crippen LogP contribution is -2.52. The van der Waals surface area contributed by atoms with E-state index in [1.54, 1.807) is 0 Å². The minimum Gasteiger partial charge on any atom is -0.271 e. The van der Waals surface area contributed by atoms with Gasteiger partial charge in [-0.3, -0.25) is 9.59 Å². The van der Waals surface area contributed by atoms with E-state index in [0.29, 0.717) is 11.4 Å². The van der Waals surface area contributed by atoms with Crippen molar-refractivity contribution in [3.05, 3.63) is 40.8 Å². The van der Waals surface area contributed by atoms with Crippen molar-refractivity contribution in [2.45, 2.75) is 13.8 Å². The Bertz CT molecular complexity index is 794. The van der Waals surface area contributed by atoms with Crippen molar-refractivity contribution < 1.29 is 9.59 Å². The number of para-hydroxylation sites is 1. The van der Waals surface area contributed by atoms with Crippen LogP contribution in [0.2, 0.25) is 0 Å². The SMILES string of the molecule is CC1=NN(c2ccccc2)C(=O)C12C1=NC(=O)SC1=C2C. The number of rotatable bonds is 1. The van der Waals surface area contributed by atoms with Gasteiger partial charge in [0.2, 0.25) is 0 Å². The van der Waals surface area contributed by atoms with E-state index in [2.05, 4.69) is 10.1 Å². The maximum atomic E-state index is 13.0. The van der Waals surface area contributed by atoms with E-state index in [0.717, 1.165) is 27.9 Å². The number of thioether (sulfide) groups is 1. The van der Waals surface area contributed by atoms with Crippen molar-refractivity contribution in [3.8, 4) is 0 Å². The lowest BCUT2D eigenvalue weighted by molar-refractivity contribution is -0.120. The van der Waals surface area contributed by atoms with Crippen LogP contribution in [0.25, 0.3) is 0 Å². The number of anilines is 1. The summed E-state index contributed by atoms with van der Waals surface area (Å²) < 4.78 is 0. The van der Waals surface area contributed by atoms with Crippen LogP contribution in [-0.2, 0) is 4.79 Å². The van der Waals surface area contributed by atoms with Crippen molar-refractivity contribution in [1.82, 2.24) is 0 Å². The highest BCUT2D eigenvalue weighted by Gasteiger charge is 2.64. The molecule has 2 aliphatic heterocycles. The van der Waals surface area contributed by atoms with Crippen molar-refractivity contribution in [2.75, 3.05) is 5.01 Å². The fraction of sp³-hybridized carbons (Fsp3) is 0.200. The molecule has 1 spiro atoms. The molecular weight excluding hydrogens is 286 g/mol. The Kier molecular flexibility index (Phi) is 2.34. The molecule has 1 aromatic carbocycles. The van der Waals surface area contributed by atoms with Gasteiger partial charge in [-0.2, -0.15) is 10.1 Å². The highest BCUT2D eigenvalue weighted by molar-refractivity contribution is 8.18. The van der Waals surface area contributed by atoms with Gasteiger partial charge in [-0.25, -0.2) is 4.99 Å². The topological polar surface area (TPSA) is 62.1 Å². The Hall–Kier alpha value is -2.21. The lowest BCUT2D eigenvalue weighted by atomic mass is 9.64. The molecule has 4 rings (SSSR count). The second-order valence-corrected chi connectivity index (χ2v) is 6.13. The third-order valence-electron chi connectivity index (χ3n) is 4.17. The number of hydrogen-bond acceptors (Lipinski definition) is 4. The number of nitrogens with zero attached hydrogens (tertiary/aromatic N) is 3. The maximum Gasteiger partial charge on any atom is 0.310 e. The molecule has 1 atom stereocenters. The Morgan fingerprint density at radius 3 is 2.57 bits per heavy atom. The van der Waals surface area contributed by atoms with Gasteiger partial charge in [-0.15, -0.1) is 0 Å². The number of amides is 2. The van der Waals surface area contributed by atoms with E-state index in [4.69, 9.17) is 0 Å². The first kappa shape index (κ1) is 12.5. The van der Waals surface area contributed by atoms with Gasteiger partial charge in [0, 0.05) is 4.91 Å². The predicted molar refractivity (Wildman–Crippen MR) is 82.6 cm³/mol. The number of carbonyl (C=O) groups is 2. The number of allylic oxidation sites excluding steroid dienone is 1. The molecular formula is C15H11N3O2S. The molecule has 1 aliphatic carbocycles. The van der Waals surface area contributed by atoms with Crippen molar-refractivity contribution in [2.24, 2.45) is 15.5 Å². The first-order valence-electron chi connectivity index (χ1n) is 6.55. The molecule has 2 amide bonds. The summed E-state index contributed by atoms with van der Waals surface area (Å²) in [6.07, 6.45) is 0. The number of aliphatic imine (C=N–C) groups is 1. The molecule has 5 nitrogen and oxygen atoms in total. The van der Waals surface area contributed by atoms with E-state index in [-0.39, 0.29) is 11.1 Å². The number of benzene rings is 1. The smallest absolute Gasteiger partial charge is 0.271 e. The van der Waals surface area contributed by atoms with Crippen LogP contribution in [0.5, 0.6) is 0 Å². The zero-order chi connectivity index (χ0) is 14.8. The van der Waals surface area contributed by atoms with Crippen LogP contribution in [0.15, 0.2) is 50.9 Å². The highest BCUT2D eigenvalue weighted by Crippen LogP contribution is 2.56. The summed E-state index contributed by atoms with van der Waals surface area (Å²) in [7, 11) is 0. The average Bonchev–Trinajstić information content (AvgIpc) is 2.97. The van der Waals surface area contributed by atoms with Gasteiger partial charge in [0.05, 0.1) is 17.1 Å². The quantitative estimate of drug-likeness (QED) is 0.800. The van der Waals surface area contributed by atoms with E-state index in [9.17, 15) is 9.59 Å². The van der Waals surface area contributed by atoms with Crippen LogP contribution in [-0.4, -0.2) is 22.6 Å². The summed E-state index contributed by atoms with van der Waals surface area (Å²) in [5.74, 6) is -0.151. The predicted octanol–water partition coefficient (Wildman–Crippen LogP) is 2.99. The van der Waals surface area contributed by atoms with Crippen LogP contribution in [0.3, 0.4) is 0 Å². The molecule has 0 saturated heterocycles. The molecule has 0 bridgehead atoms. The van der Waals surface area contributed by atoms with Gasteiger partial charge < -0.3 is 0 Å². The van der Waals surface area contributed by atoms with Crippen LogP contribution in [0, 0.1) is 5.41 Å². The molecule has 0 radical (unpaired) electrons. The second-order valence-electron chi connectivity index (χ2n) is 5.17. The summed E-state index contributed by atoms with van der Waals surface area (Å²) >= 11 is 1.10. The van der Waals surface area contributed by atoms with Crippen molar-refractivity contribution in [1.29, 1.82) is 0 Å². The van der Waals surface area contributed by atoms with Gasteiger partial charge in [0.1, 0.15) is 0 Å². The molecule has 2 heterocycles. The fourth-order valence-corrected chi connectivity index (χ4v) is 4.04. The summed E-state index contributed by atoms with van der Waals surface area (Å²) in [5, 5.41) is 5.57. The molecule has 104 valence electrons. The highest BCUT2D eigenvalue weighted by atomic mass is 32.2. The number of fused-ring (bicyclic) bond motifs is 2. The van der Waals surface area contributed by atoms with Crippen molar-refractivity contribution in [3.63, 3.8) is 0 Å². The van der Waals surface area contributed by atoms with Crippen molar-refractivity contribution >= 4 is 40.0 Å². The Labute approximate surface area is 125 Å². The van der Waals surface area contributed by atoms with E-state index < -0.39 is 5.41 Å². The van der Waals surface area contributed by atoms with Gasteiger partial charge in [0.15, 0.2) is 5.41 Å². The standard InChI is InChI=1S/C15H11N3O2S/c1-8-11-12(16-14(20)21-11)15(8)9(2)17-18(13(15)19)10-6-4-3-5-7-10/h3-7H,1-2H3. The van der Waals surface area contributed by atoms with Crippen LogP contribution >= 0.6 is 11.8 Å². The average molecular weight is 297 g/mol. The summed E-state index contributed by atoms with van der Waals surface area (Å²) in [6, 6.07) is 9.28. The third-order valence-corrected chi connectivity index (χ3v) is 5.14. The number of hydrazone groups is 1. The lowest BCUT2D eigenvalue weighted by Gasteiger charge is -2.38. The van der Waals surface area contributed by atoms with Gasteiger partial charge >= 0.3 is 5.24 Å². The zero-order valence-electron chi connectivity index (χ0n) is 11.5. The largest absolute Gasteiger partial charge is 0.310 e. The summed E-state index contributed by atoms with van der Waals surface area (Å²) in [6.45, 7) is 3.70. The summed E-state index contributed by atoms with van der Waals surface area (Å²) in [5.41, 5.74) is 1.91. The molecule has 21 heavy (non-hydrogen) atoms. The third kappa shape index (κ3) is 1.33. The van der Waals surface area contributed by atoms with E-state index in [1.807, 2.05) is 44.2 Å². The maximum absolute atomic E-state index is 13.0. The van der Waals surface area contributed by atoms with E-state index in [1.165, 1.54) is 5.01 Å². The first-order chi connectivity index (χ1) is 10.1. The molecule has 6 heteroatoms. The molecule has 3 aliphatic rings. The normalized spacial score (nSPS) is 27.0. The zero-order valence-corrected chi connectivity index (χ0v) is 12.3. The fourth-order valence-electron chi connectivity index (χ4n) is 3.13. The molecule has 0 aromatic heterocycles. The monoisotopic (exact) mass is 297 g/mol. The van der Waals surface area contributed by atoms with Crippen LogP contribution in [0.1, 0.15) is 13.8 Å². The second kappa shape index (κ2) is 3.92. The first-order valence-corrected chi connectivity index (χ1v) is 7.36. The Morgan fingerprint density at radius 2 is 1.86 bits per heavy atom. The minimum absolute atomic E-state index is 0.151. The minimum atomic E-state index is -0.926.